The van der Waals surface area contributed by atoms with E-state index in [1.165, 1.54) is 4.31 Å². The minimum absolute atomic E-state index is 0.0875. The second-order valence-electron chi connectivity index (χ2n) is 11.4. The van der Waals surface area contributed by atoms with Crippen molar-refractivity contribution in [2.24, 2.45) is 5.41 Å². The van der Waals surface area contributed by atoms with E-state index in [-0.39, 0.29) is 11.4 Å². The van der Waals surface area contributed by atoms with Gasteiger partial charge in [-0.05, 0) is 67.8 Å². The maximum atomic E-state index is 14.4. The second-order valence-corrected chi connectivity index (χ2v) is 13.2. The predicted octanol–water partition coefficient (Wildman–Crippen LogP) is 6.78. The number of nitriles is 1. The maximum absolute atomic E-state index is 14.4. The van der Waals surface area contributed by atoms with Crippen LogP contribution in [0.25, 0.3) is 5.69 Å². The number of fused-ring (bicyclic) bond motifs is 5. The molecule has 0 unspecified atom stereocenters. The molecule has 0 amide bonds. The van der Waals surface area contributed by atoms with Gasteiger partial charge in [0.1, 0.15) is 11.5 Å². The molecule has 0 bridgehead atoms. The van der Waals surface area contributed by atoms with Gasteiger partial charge < -0.3 is 4.74 Å². The van der Waals surface area contributed by atoms with Crippen molar-refractivity contribution in [2.45, 2.75) is 37.7 Å². The molecule has 5 aromatic rings. The van der Waals surface area contributed by atoms with E-state index in [2.05, 4.69) is 6.07 Å². The molecular formula is C35H30N4O3S. The molecule has 2 aliphatic heterocycles. The van der Waals surface area contributed by atoms with Crippen molar-refractivity contribution in [1.29, 1.82) is 5.26 Å². The van der Waals surface area contributed by atoms with Crippen molar-refractivity contribution in [3.63, 3.8) is 0 Å². The summed E-state index contributed by atoms with van der Waals surface area (Å²) < 4.78 is 38.9. The van der Waals surface area contributed by atoms with Crippen LogP contribution in [0.1, 0.15) is 45.5 Å². The number of para-hydroxylation sites is 2. The van der Waals surface area contributed by atoms with Gasteiger partial charge in [0.25, 0.3) is 10.0 Å². The molecule has 0 saturated carbocycles. The van der Waals surface area contributed by atoms with E-state index in [9.17, 15) is 13.7 Å². The van der Waals surface area contributed by atoms with E-state index in [4.69, 9.17) is 9.84 Å². The van der Waals surface area contributed by atoms with Gasteiger partial charge in [0.2, 0.25) is 5.88 Å². The number of hydrogen-bond donors (Lipinski definition) is 0. The average Bonchev–Trinajstić information content (AvgIpc) is 3.36. The molecule has 7 rings (SSSR count). The van der Waals surface area contributed by atoms with Crippen LogP contribution in [0, 0.1) is 37.5 Å². The molecule has 3 heterocycles. The van der Waals surface area contributed by atoms with Crippen LogP contribution >= 0.6 is 0 Å². The zero-order valence-electron chi connectivity index (χ0n) is 24.1. The van der Waals surface area contributed by atoms with Crippen molar-refractivity contribution in [3.05, 3.63) is 137 Å². The lowest BCUT2D eigenvalue weighted by molar-refractivity contribution is 0.0480. The summed E-state index contributed by atoms with van der Waals surface area (Å²) in [5.41, 5.74) is 5.14. The molecule has 0 radical (unpaired) electrons. The molecule has 8 heteroatoms. The molecule has 43 heavy (non-hydrogen) atoms. The highest BCUT2D eigenvalue weighted by Gasteiger charge is 2.60. The van der Waals surface area contributed by atoms with Crippen molar-refractivity contribution in [1.82, 2.24) is 9.78 Å². The molecular weight excluding hydrogens is 556 g/mol. The van der Waals surface area contributed by atoms with Gasteiger partial charge in [-0.2, -0.15) is 10.4 Å². The van der Waals surface area contributed by atoms with E-state index < -0.39 is 27.5 Å². The third-order valence-electron chi connectivity index (χ3n) is 8.77. The molecule has 2 aliphatic rings. The van der Waals surface area contributed by atoms with E-state index in [0.717, 1.165) is 39.2 Å². The number of aryl methyl sites for hydroxylation is 3. The van der Waals surface area contributed by atoms with Gasteiger partial charge >= 0.3 is 0 Å². The fourth-order valence-electron chi connectivity index (χ4n) is 6.65. The number of hydrogen-bond acceptors (Lipinski definition) is 5. The molecule has 0 aliphatic carbocycles. The lowest BCUT2D eigenvalue weighted by atomic mass is 9.61. The Morgan fingerprint density at radius 1 is 0.860 bits per heavy atom. The van der Waals surface area contributed by atoms with Crippen LogP contribution in [0.2, 0.25) is 0 Å². The zero-order valence-corrected chi connectivity index (χ0v) is 24.9. The first-order valence-corrected chi connectivity index (χ1v) is 15.7. The number of aromatic nitrogens is 2. The van der Waals surface area contributed by atoms with Crippen LogP contribution in [-0.4, -0.2) is 24.7 Å². The van der Waals surface area contributed by atoms with Crippen molar-refractivity contribution < 1.29 is 13.2 Å². The lowest BCUT2D eigenvalue weighted by Crippen LogP contribution is -2.54. The van der Waals surface area contributed by atoms with Crippen LogP contribution in [0.15, 0.2) is 108 Å². The predicted molar refractivity (Wildman–Crippen MR) is 165 cm³/mol. The monoisotopic (exact) mass is 586 g/mol. The number of rotatable bonds is 4. The third kappa shape index (κ3) is 3.99. The molecule has 3 atom stereocenters. The van der Waals surface area contributed by atoms with E-state index in [0.29, 0.717) is 11.6 Å². The van der Waals surface area contributed by atoms with E-state index in [1.54, 1.807) is 28.9 Å². The van der Waals surface area contributed by atoms with Crippen LogP contribution in [0.3, 0.4) is 0 Å². The molecule has 214 valence electrons. The van der Waals surface area contributed by atoms with Gasteiger partial charge in [-0.25, -0.2) is 13.1 Å². The normalized spacial score (nSPS) is 20.7. The van der Waals surface area contributed by atoms with Gasteiger partial charge in [-0.1, -0.05) is 78.4 Å². The molecule has 0 spiro atoms. The molecule has 0 N–H and O–H groups in total. The van der Waals surface area contributed by atoms with Crippen molar-refractivity contribution >= 4 is 15.7 Å². The Labute approximate surface area is 251 Å². The Kier molecular flexibility index (Phi) is 6.19. The Morgan fingerprint density at radius 3 is 2.21 bits per heavy atom. The fourth-order valence-corrected chi connectivity index (χ4v) is 8.20. The molecule has 1 aromatic heterocycles. The van der Waals surface area contributed by atoms with E-state index in [1.807, 2.05) is 99.6 Å². The summed E-state index contributed by atoms with van der Waals surface area (Å²) in [4.78, 5) is 0.178. The molecule has 7 nitrogen and oxygen atoms in total. The molecule has 4 aromatic carbocycles. The van der Waals surface area contributed by atoms with E-state index >= 15 is 0 Å². The summed E-state index contributed by atoms with van der Waals surface area (Å²) in [7, 11) is -4.03. The van der Waals surface area contributed by atoms with Gasteiger partial charge in [0.05, 0.1) is 34.6 Å². The standard InChI is InChI=1S/C35H30N4O3S/c1-23-17-19-27(20-18-23)43(40,41)38-22-35(21-36)32(29-15-9-10-16-30(29)38)31-25(3)37-39(26-12-5-4-6-13-26)34(31)42-33(35)28-14-8-7-11-24(28)2/h4-20,32-33H,22H2,1-3H3/t32-,33+,35-/m1/s1. The summed E-state index contributed by atoms with van der Waals surface area (Å²) in [5, 5.41) is 16.2. The first-order chi connectivity index (χ1) is 20.8. The largest absolute Gasteiger partial charge is 0.467 e. The lowest BCUT2D eigenvalue weighted by Gasteiger charge is -2.51. The summed E-state index contributed by atoms with van der Waals surface area (Å²) >= 11 is 0. The Morgan fingerprint density at radius 2 is 1.51 bits per heavy atom. The van der Waals surface area contributed by atoms with Gasteiger partial charge in [-0.3, -0.25) is 4.31 Å². The fraction of sp³-hybridized carbons (Fsp3) is 0.200. The highest BCUT2D eigenvalue weighted by molar-refractivity contribution is 7.92. The zero-order chi connectivity index (χ0) is 29.9. The first-order valence-electron chi connectivity index (χ1n) is 14.2. The minimum Gasteiger partial charge on any atom is -0.467 e. The van der Waals surface area contributed by atoms with Crippen LogP contribution in [-0.2, 0) is 10.0 Å². The Bertz CT molecular complexity index is 2010. The SMILES string of the molecule is Cc1ccc(S(=O)(=O)N2C[C@]3(C#N)[C@H](c4ccccc42)c2c(C)nn(-c4ccccc4)c2O[C@H]3c2ccccc2C)cc1. The average molecular weight is 587 g/mol. The number of nitrogens with zero attached hydrogens (tertiary/aromatic N) is 4. The number of ether oxygens (including phenoxy) is 1. The smallest absolute Gasteiger partial charge is 0.264 e. The second kappa shape index (κ2) is 9.85. The first kappa shape index (κ1) is 27.0. The van der Waals surface area contributed by atoms with Gasteiger partial charge in [-0.15, -0.1) is 0 Å². The van der Waals surface area contributed by atoms with Crippen LogP contribution < -0.4 is 9.04 Å². The number of anilines is 1. The number of sulfonamides is 1. The number of benzene rings is 4. The highest BCUT2D eigenvalue weighted by Crippen LogP contribution is 2.62. The third-order valence-corrected chi connectivity index (χ3v) is 10.5. The molecule has 0 saturated heterocycles. The Balaban J connectivity index is 1.53. The van der Waals surface area contributed by atoms with Crippen LogP contribution in [0.4, 0.5) is 5.69 Å². The molecule has 0 fully saturated rings. The van der Waals surface area contributed by atoms with Crippen molar-refractivity contribution in [2.75, 3.05) is 10.8 Å². The minimum atomic E-state index is -4.03. The topological polar surface area (TPSA) is 88.2 Å². The summed E-state index contributed by atoms with van der Waals surface area (Å²) in [5.74, 6) is 0.0708. The summed E-state index contributed by atoms with van der Waals surface area (Å²) in [6, 6.07) is 34.6. The Hall–Kier alpha value is -4.87. The summed E-state index contributed by atoms with van der Waals surface area (Å²) in [6.07, 6.45) is -0.779. The van der Waals surface area contributed by atoms with Crippen molar-refractivity contribution in [3.8, 4) is 17.6 Å². The highest BCUT2D eigenvalue weighted by atomic mass is 32.2. The van der Waals surface area contributed by atoms with Crippen LogP contribution in [0.5, 0.6) is 5.88 Å². The maximum Gasteiger partial charge on any atom is 0.264 e. The summed E-state index contributed by atoms with van der Waals surface area (Å²) in [6.45, 7) is 5.75. The van der Waals surface area contributed by atoms with Gasteiger partial charge in [0.15, 0.2) is 0 Å². The van der Waals surface area contributed by atoms with Gasteiger partial charge in [0, 0.05) is 11.5 Å². The quantitative estimate of drug-likeness (QED) is 0.232.